The number of hydrogen-bond acceptors (Lipinski definition) is 3. The molecule has 0 fully saturated rings. The van der Waals surface area contributed by atoms with Crippen LogP contribution in [0.3, 0.4) is 0 Å². The lowest BCUT2D eigenvalue weighted by Crippen LogP contribution is -2.25. The van der Waals surface area contributed by atoms with Gasteiger partial charge in [0, 0.05) is 16.1 Å². The molecular weight excluding hydrogens is 288 g/mol. The summed E-state index contributed by atoms with van der Waals surface area (Å²) in [5.74, 6) is 0.551. The van der Waals surface area contributed by atoms with Gasteiger partial charge in [0.1, 0.15) is 0 Å². The predicted octanol–water partition coefficient (Wildman–Crippen LogP) is 4.12. The fourth-order valence-corrected chi connectivity index (χ4v) is 3.45. The van der Waals surface area contributed by atoms with Crippen LogP contribution < -0.4 is 5.32 Å². The highest BCUT2D eigenvalue weighted by atomic mass is 35.5. The SMILES string of the molecule is CCNCC(Cc1cnc(C)s1)Cc1ccccc1Cl. The van der Waals surface area contributed by atoms with Crippen LogP contribution in [0.2, 0.25) is 5.02 Å². The number of aryl methyl sites for hydroxylation is 1. The maximum Gasteiger partial charge on any atom is 0.0896 e. The molecule has 0 amide bonds. The number of nitrogens with zero attached hydrogens (tertiary/aromatic N) is 1. The Kier molecular flexibility index (Phi) is 6.02. The molecule has 0 bridgehead atoms. The standard InChI is InChI=1S/C16H21ClN2S/c1-3-18-10-13(9-15-11-19-12(2)20-15)8-14-6-4-5-7-16(14)17/h4-7,11,13,18H,3,8-10H2,1-2H3. The van der Waals surface area contributed by atoms with E-state index in [0.29, 0.717) is 5.92 Å². The van der Waals surface area contributed by atoms with Crippen molar-refractivity contribution in [3.63, 3.8) is 0 Å². The highest BCUT2D eigenvalue weighted by molar-refractivity contribution is 7.11. The molecule has 0 saturated heterocycles. The Morgan fingerprint density at radius 2 is 2.10 bits per heavy atom. The van der Waals surface area contributed by atoms with Crippen molar-refractivity contribution >= 4 is 22.9 Å². The second kappa shape index (κ2) is 7.77. The number of thiazole rings is 1. The molecule has 1 unspecified atom stereocenters. The minimum Gasteiger partial charge on any atom is -0.317 e. The van der Waals surface area contributed by atoms with Crippen molar-refractivity contribution in [3.05, 3.63) is 50.9 Å². The molecule has 1 atom stereocenters. The normalized spacial score (nSPS) is 12.6. The number of benzene rings is 1. The summed E-state index contributed by atoms with van der Waals surface area (Å²) in [6.07, 6.45) is 4.07. The van der Waals surface area contributed by atoms with Crippen molar-refractivity contribution in [1.29, 1.82) is 0 Å². The van der Waals surface area contributed by atoms with E-state index in [2.05, 4.69) is 36.3 Å². The topological polar surface area (TPSA) is 24.9 Å². The molecule has 0 saturated carbocycles. The van der Waals surface area contributed by atoms with Crippen LogP contribution in [0, 0.1) is 12.8 Å². The van der Waals surface area contributed by atoms with Gasteiger partial charge in [-0.05, 0) is 50.4 Å². The molecule has 0 radical (unpaired) electrons. The molecule has 20 heavy (non-hydrogen) atoms. The molecule has 2 aromatic rings. The lowest BCUT2D eigenvalue weighted by atomic mass is 9.95. The average Bonchev–Trinajstić information content (AvgIpc) is 2.84. The Labute approximate surface area is 130 Å². The van der Waals surface area contributed by atoms with Gasteiger partial charge in [0.25, 0.3) is 0 Å². The van der Waals surface area contributed by atoms with Crippen LogP contribution in [0.25, 0.3) is 0 Å². The summed E-state index contributed by atoms with van der Waals surface area (Å²) >= 11 is 8.07. The van der Waals surface area contributed by atoms with Crippen molar-refractivity contribution in [2.45, 2.75) is 26.7 Å². The van der Waals surface area contributed by atoms with E-state index in [0.717, 1.165) is 36.0 Å². The largest absolute Gasteiger partial charge is 0.317 e. The second-order valence-electron chi connectivity index (χ2n) is 5.02. The number of nitrogens with one attached hydrogen (secondary N) is 1. The summed E-state index contributed by atoms with van der Waals surface area (Å²) in [4.78, 5) is 5.71. The van der Waals surface area contributed by atoms with Gasteiger partial charge in [-0.2, -0.15) is 0 Å². The number of rotatable bonds is 7. The summed E-state index contributed by atoms with van der Waals surface area (Å²) in [5, 5.41) is 5.46. The van der Waals surface area contributed by atoms with Crippen LogP contribution >= 0.6 is 22.9 Å². The van der Waals surface area contributed by atoms with Crippen LogP contribution in [-0.4, -0.2) is 18.1 Å². The van der Waals surface area contributed by atoms with Gasteiger partial charge in [0.15, 0.2) is 0 Å². The Bertz CT molecular complexity index is 539. The van der Waals surface area contributed by atoms with E-state index < -0.39 is 0 Å². The van der Waals surface area contributed by atoms with E-state index in [1.165, 1.54) is 10.4 Å². The molecule has 0 aliphatic carbocycles. The zero-order chi connectivity index (χ0) is 14.4. The minimum absolute atomic E-state index is 0.551. The zero-order valence-electron chi connectivity index (χ0n) is 12.0. The second-order valence-corrected chi connectivity index (χ2v) is 6.75. The molecule has 4 heteroatoms. The molecule has 2 rings (SSSR count). The summed E-state index contributed by atoms with van der Waals surface area (Å²) in [7, 11) is 0. The fourth-order valence-electron chi connectivity index (χ4n) is 2.32. The Morgan fingerprint density at radius 3 is 2.75 bits per heavy atom. The first-order valence-electron chi connectivity index (χ1n) is 7.04. The number of aromatic nitrogens is 1. The first-order valence-corrected chi connectivity index (χ1v) is 8.24. The smallest absolute Gasteiger partial charge is 0.0896 e. The summed E-state index contributed by atoms with van der Waals surface area (Å²) < 4.78 is 0. The monoisotopic (exact) mass is 308 g/mol. The molecule has 0 aliphatic rings. The maximum absolute atomic E-state index is 6.28. The maximum atomic E-state index is 6.28. The third-order valence-electron chi connectivity index (χ3n) is 3.31. The predicted molar refractivity (Wildman–Crippen MR) is 87.7 cm³/mol. The quantitative estimate of drug-likeness (QED) is 0.832. The molecule has 0 spiro atoms. The molecule has 1 N–H and O–H groups in total. The van der Waals surface area contributed by atoms with Crippen LogP contribution in [0.15, 0.2) is 30.5 Å². The Hall–Kier alpha value is -0.900. The zero-order valence-corrected chi connectivity index (χ0v) is 13.6. The highest BCUT2D eigenvalue weighted by Crippen LogP contribution is 2.23. The van der Waals surface area contributed by atoms with Gasteiger partial charge in [-0.15, -0.1) is 11.3 Å². The van der Waals surface area contributed by atoms with Gasteiger partial charge in [-0.1, -0.05) is 36.7 Å². The molecule has 1 aromatic heterocycles. The average molecular weight is 309 g/mol. The Balaban J connectivity index is 2.05. The van der Waals surface area contributed by atoms with Crippen molar-refractivity contribution in [3.8, 4) is 0 Å². The minimum atomic E-state index is 0.551. The highest BCUT2D eigenvalue weighted by Gasteiger charge is 2.13. The van der Waals surface area contributed by atoms with Crippen LogP contribution in [0.4, 0.5) is 0 Å². The summed E-state index contributed by atoms with van der Waals surface area (Å²) in [6, 6.07) is 8.14. The van der Waals surface area contributed by atoms with Gasteiger partial charge in [0.05, 0.1) is 5.01 Å². The molecule has 1 heterocycles. The van der Waals surface area contributed by atoms with Crippen LogP contribution in [0.5, 0.6) is 0 Å². The fraction of sp³-hybridized carbons (Fsp3) is 0.438. The summed E-state index contributed by atoms with van der Waals surface area (Å²) in [5.41, 5.74) is 1.23. The lowest BCUT2D eigenvalue weighted by molar-refractivity contribution is 0.481. The van der Waals surface area contributed by atoms with Crippen molar-refractivity contribution < 1.29 is 0 Å². The van der Waals surface area contributed by atoms with E-state index in [4.69, 9.17) is 11.6 Å². The molecule has 108 valence electrons. The van der Waals surface area contributed by atoms with E-state index in [1.54, 1.807) is 11.3 Å². The molecule has 0 aliphatic heterocycles. The van der Waals surface area contributed by atoms with E-state index in [-0.39, 0.29) is 0 Å². The van der Waals surface area contributed by atoms with Gasteiger partial charge >= 0.3 is 0 Å². The van der Waals surface area contributed by atoms with Gasteiger partial charge in [-0.3, -0.25) is 0 Å². The lowest BCUT2D eigenvalue weighted by Gasteiger charge is -2.17. The molecule has 1 aromatic carbocycles. The van der Waals surface area contributed by atoms with Crippen molar-refractivity contribution in [1.82, 2.24) is 10.3 Å². The molecule has 2 nitrogen and oxygen atoms in total. The van der Waals surface area contributed by atoms with Gasteiger partial charge < -0.3 is 5.32 Å². The van der Waals surface area contributed by atoms with Crippen LogP contribution in [0.1, 0.15) is 22.4 Å². The third-order valence-corrected chi connectivity index (χ3v) is 4.61. The van der Waals surface area contributed by atoms with E-state index in [9.17, 15) is 0 Å². The van der Waals surface area contributed by atoms with Crippen molar-refractivity contribution in [2.75, 3.05) is 13.1 Å². The number of halogens is 1. The number of hydrogen-bond donors (Lipinski definition) is 1. The van der Waals surface area contributed by atoms with E-state index >= 15 is 0 Å². The van der Waals surface area contributed by atoms with Crippen LogP contribution in [-0.2, 0) is 12.8 Å². The van der Waals surface area contributed by atoms with Crippen molar-refractivity contribution in [2.24, 2.45) is 5.92 Å². The first-order chi connectivity index (χ1) is 9.69. The first kappa shape index (κ1) is 15.5. The van der Waals surface area contributed by atoms with E-state index in [1.807, 2.05) is 18.3 Å². The van der Waals surface area contributed by atoms with Gasteiger partial charge in [0.2, 0.25) is 0 Å². The summed E-state index contributed by atoms with van der Waals surface area (Å²) in [6.45, 7) is 6.21. The molecular formula is C16H21ClN2S. The third kappa shape index (κ3) is 4.58. The Morgan fingerprint density at radius 1 is 1.30 bits per heavy atom. The van der Waals surface area contributed by atoms with Gasteiger partial charge in [-0.25, -0.2) is 4.98 Å².